The number of hydroxylamine groups is 1. The second-order valence-corrected chi connectivity index (χ2v) is 9.71. The maximum Gasteiger partial charge on any atom is 0.253 e. The van der Waals surface area contributed by atoms with E-state index in [2.05, 4.69) is 37.0 Å². The van der Waals surface area contributed by atoms with E-state index in [0.717, 1.165) is 35.4 Å². The van der Waals surface area contributed by atoms with Gasteiger partial charge in [0, 0.05) is 55.6 Å². The average Bonchev–Trinajstić information content (AvgIpc) is 3.04. The summed E-state index contributed by atoms with van der Waals surface area (Å²) in [7, 11) is 3.53. The Morgan fingerprint density at radius 3 is 2.68 bits per heavy atom. The van der Waals surface area contributed by atoms with Gasteiger partial charge in [-0.05, 0) is 87.1 Å². The van der Waals surface area contributed by atoms with Gasteiger partial charge in [-0.3, -0.25) is 14.6 Å². The highest BCUT2D eigenvalue weighted by atomic mass is 16.7. The predicted octanol–water partition coefficient (Wildman–Crippen LogP) is 5.59. The van der Waals surface area contributed by atoms with E-state index in [-0.39, 0.29) is 12.0 Å². The number of carbonyl (C=O) groups is 1. The van der Waals surface area contributed by atoms with Crippen molar-refractivity contribution in [3.63, 3.8) is 0 Å². The van der Waals surface area contributed by atoms with Crippen LogP contribution in [0.15, 0.2) is 66.2 Å². The summed E-state index contributed by atoms with van der Waals surface area (Å²) >= 11 is 0. The summed E-state index contributed by atoms with van der Waals surface area (Å²) in [4.78, 5) is 24.3. The molecular weight excluding hydrogens is 464 g/mol. The van der Waals surface area contributed by atoms with Crippen LogP contribution in [0.3, 0.4) is 0 Å². The normalized spacial score (nSPS) is 16.8. The van der Waals surface area contributed by atoms with Gasteiger partial charge >= 0.3 is 0 Å². The minimum absolute atomic E-state index is 0.0194. The summed E-state index contributed by atoms with van der Waals surface area (Å²) in [6.45, 7) is 9.38. The van der Waals surface area contributed by atoms with E-state index >= 15 is 0 Å². The number of nitrogens with two attached hydrogens (primary N) is 1. The molecule has 0 fully saturated rings. The molecule has 2 aromatic rings. The molecule has 7 heteroatoms. The lowest BCUT2D eigenvalue weighted by Crippen LogP contribution is -2.22. The predicted molar refractivity (Wildman–Crippen MR) is 150 cm³/mol. The third-order valence-electron chi connectivity index (χ3n) is 6.37. The van der Waals surface area contributed by atoms with E-state index in [4.69, 9.17) is 15.3 Å². The molecule has 2 atom stereocenters. The van der Waals surface area contributed by atoms with Gasteiger partial charge in [0.15, 0.2) is 0 Å². The number of anilines is 1. The molecule has 0 radical (unpaired) electrons. The molecular formula is C30H40N4O3. The summed E-state index contributed by atoms with van der Waals surface area (Å²) in [5, 5.41) is 1.75. The molecule has 2 N–H and O–H groups in total. The molecule has 3 rings (SSSR count). The SMILES string of the molecule is CCC(CCOC/C(C)=C/c1c(N2C=CC(N)=CC(C)O2)ccnc1C)c1ccc(C(=O)N(C)C)cc1. The standard InChI is InChI=1S/C30H40N4O3/c1-7-24(25-8-10-26(11-9-25)30(35)33(5)6)14-17-36-20-21(2)18-28-23(4)32-15-12-29(28)34-16-13-27(31)19-22(3)37-34/h8-13,15-16,18-19,22,24H,7,14,17,20,31H2,1-6H3/b21-18+. The van der Waals surface area contributed by atoms with Crippen LogP contribution in [0.1, 0.15) is 66.7 Å². The molecule has 198 valence electrons. The van der Waals surface area contributed by atoms with Crippen molar-refractivity contribution in [1.29, 1.82) is 0 Å². The first-order chi connectivity index (χ1) is 17.7. The molecule has 0 saturated carbocycles. The van der Waals surface area contributed by atoms with Gasteiger partial charge in [-0.25, -0.2) is 5.06 Å². The molecule has 1 aliphatic heterocycles. The van der Waals surface area contributed by atoms with Gasteiger partial charge in [0.2, 0.25) is 0 Å². The lowest BCUT2D eigenvalue weighted by atomic mass is 9.93. The van der Waals surface area contributed by atoms with Crippen LogP contribution in [0, 0.1) is 6.92 Å². The number of aromatic nitrogens is 1. The first-order valence-corrected chi connectivity index (χ1v) is 12.8. The van der Waals surface area contributed by atoms with Crippen LogP contribution in [-0.4, -0.2) is 49.2 Å². The van der Waals surface area contributed by atoms with Crippen LogP contribution < -0.4 is 10.8 Å². The molecule has 1 amide bonds. The highest BCUT2D eigenvalue weighted by Crippen LogP contribution is 2.28. The van der Waals surface area contributed by atoms with E-state index in [1.54, 1.807) is 30.3 Å². The van der Waals surface area contributed by atoms with Crippen molar-refractivity contribution in [2.75, 3.05) is 32.4 Å². The van der Waals surface area contributed by atoms with Gasteiger partial charge < -0.3 is 15.4 Å². The van der Waals surface area contributed by atoms with Crippen molar-refractivity contribution in [2.24, 2.45) is 5.73 Å². The number of pyridine rings is 1. The molecule has 1 aliphatic rings. The van der Waals surface area contributed by atoms with Crippen LogP contribution in [0.25, 0.3) is 6.08 Å². The Hall–Kier alpha value is -3.42. The second kappa shape index (κ2) is 13.2. The van der Waals surface area contributed by atoms with Crippen molar-refractivity contribution in [1.82, 2.24) is 9.88 Å². The van der Waals surface area contributed by atoms with Crippen molar-refractivity contribution < 1.29 is 14.4 Å². The summed E-state index contributed by atoms with van der Waals surface area (Å²) in [5.74, 6) is 0.404. The number of carbonyl (C=O) groups excluding carboxylic acids is 1. The molecule has 0 bridgehead atoms. The zero-order chi connectivity index (χ0) is 26.9. The number of amides is 1. The maximum absolute atomic E-state index is 12.2. The van der Waals surface area contributed by atoms with Gasteiger partial charge in [-0.2, -0.15) is 0 Å². The van der Waals surface area contributed by atoms with Crippen molar-refractivity contribution in [2.45, 2.75) is 52.6 Å². The summed E-state index contributed by atoms with van der Waals surface area (Å²) in [5.41, 5.74) is 12.5. The average molecular weight is 505 g/mol. The third-order valence-corrected chi connectivity index (χ3v) is 6.37. The van der Waals surface area contributed by atoms with E-state index in [9.17, 15) is 4.79 Å². The van der Waals surface area contributed by atoms with Crippen molar-refractivity contribution >= 4 is 17.7 Å². The minimum atomic E-state index is -0.152. The largest absolute Gasteiger partial charge is 0.399 e. The minimum Gasteiger partial charge on any atom is -0.399 e. The fourth-order valence-electron chi connectivity index (χ4n) is 4.31. The first kappa shape index (κ1) is 28.2. The van der Waals surface area contributed by atoms with Crippen LogP contribution >= 0.6 is 0 Å². The molecule has 1 aromatic heterocycles. The quantitative estimate of drug-likeness (QED) is 0.425. The monoisotopic (exact) mass is 504 g/mol. The molecule has 7 nitrogen and oxygen atoms in total. The van der Waals surface area contributed by atoms with Crippen LogP contribution in [-0.2, 0) is 9.57 Å². The number of ether oxygens (including phenoxy) is 1. The van der Waals surface area contributed by atoms with E-state index < -0.39 is 0 Å². The number of hydrogen-bond acceptors (Lipinski definition) is 6. The Labute approximate surface area is 221 Å². The number of benzene rings is 1. The van der Waals surface area contributed by atoms with Gasteiger partial charge in [0.1, 0.15) is 6.10 Å². The topological polar surface area (TPSA) is 80.9 Å². The van der Waals surface area contributed by atoms with Crippen LogP contribution in [0.5, 0.6) is 0 Å². The second-order valence-electron chi connectivity index (χ2n) is 9.71. The molecule has 37 heavy (non-hydrogen) atoms. The summed E-state index contributed by atoms with van der Waals surface area (Å²) in [6.07, 6.45) is 11.2. The van der Waals surface area contributed by atoms with Gasteiger partial charge in [-0.15, -0.1) is 0 Å². The third kappa shape index (κ3) is 7.78. The van der Waals surface area contributed by atoms with Crippen molar-refractivity contribution in [3.05, 3.63) is 88.5 Å². The molecule has 2 unspecified atom stereocenters. The van der Waals surface area contributed by atoms with Gasteiger partial charge in [0.05, 0.1) is 12.3 Å². The Bertz CT molecular complexity index is 1150. The molecule has 1 aromatic carbocycles. The number of nitrogens with zero attached hydrogens (tertiary/aromatic N) is 3. The summed E-state index contributed by atoms with van der Waals surface area (Å²) in [6, 6.07) is 9.89. The van der Waals surface area contributed by atoms with E-state index in [1.807, 2.05) is 50.4 Å². The highest BCUT2D eigenvalue weighted by Gasteiger charge is 2.16. The van der Waals surface area contributed by atoms with E-state index in [0.29, 0.717) is 30.4 Å². The lowest BCUT2D eigenvalue weighted by molar-refractivity contribution is 0.0827. The van der Waals surface area contributed by atoms with Crippen LogP contribution in [0.2, 0.25) is 0 Å². The molecule has 0 saturated heterocycles. The lowest BCUT2D eigenvalue weighted by Gasteiger charge is -2.24. The molecule has 0 spiro atoms. The van der Waals surface area contributed by atoms with Gasteiger partial charge in [-0.1, -0.05) is 19.1 Å². The number of hydrogen-bond donors (Lipinski definition) is 1. The number of aryl methyl sites for hydroxylation is 1. The smallest absolute Gasteiger partial charge is 0.253 e. The Balaban J connectivity index is 1.61. The fraction of sp³-hybridized carbons (Fsp3) is 0.400. The Morgan fingerprint density at radius 1 is 1.27 bits per heavy atom. The Kier molecular flexibility index (Phi) is 10.1. The zero-order valence-corrected chi connectivity index (χ0v) is 22.9. The molecule has 0 aliphatic carbocycles. The zero-order valence-electron chi connectivity index (χ0n) is 22.9. The summed E-state index contributed by atoms with van der Waals surface area (Å²) < 4.78 is 6.06. The first-order valence-electron chi connectivity index (χ1n) is 12.8. The van der Waals surface area contributed by atoms with Crippen molar-refractivity contribution in [3.8, 4) is 0 Å². The molecule has 2 heterocycles. The highest BCUT2D eigenvalue weighted by molar-refractivity contribution is 5.93. The fourth-order valence-corrected chi connectivity index (χ4v) is 4.31. The maximum atomic E-state index is 12.2. The Morgan fingerprint density at radius 2 is 2.00 bits per heavy atom. The number of rotatable bonds is 10. The van der Waals surface area contributed by atoms with Crippen LogP contribution in [0.4, 0.5) is 5.69 Å². The van der Waals surface area contributed by atoms with Gasteiger partial charge in [0.25, 0.3) is 5.91 Å². The van der Waals surface area contributed by atoms with E-state index in [1.165, 1.54) is 5.56 Å². The number of allylic oxidation sites excluding steroid dienone is 1.